The Morgan fingerprint density at radius 2 is 2.10 bits per heavy atom. The summed E-state index contributed by atoms with van der Waals surface area (Å²) in [6.07, 6.45) is 3.27. The van der Waals surface area contributed by atoms with Gasteiger partial charge in [-0.2, -0.15) is 4.31 Å². The van der Waals surface area contributed by atoms with Crippen LogP contribution in [0.1, 0.15) is 24.1 Å². The molecule has 1 aromatic rings. The van der Waals surface area contributed by atoms with Crippen LogP contribution in [0, 0.1) is 12.8 Å². The van der Waals surface area contributed by atoms with E-state index in [1.165, 1.54) is 17.8 Å². The van der Waals surface area contributed by atoms with Gasteiger partial charge in [-0.3, -0.25) is 0 Å². The first-order valence-corrected chi connectivity index (χ1v) is 10.4. The zero-order chi connectivity index (χ0) is 15.2. The molecular weight excluding hydrogens is 372 g/mol. The summed E-state index contributed by atoms with van der Waals surface area (Å²) in [4.78, 5) is 3.75. The fourth-order valence-electron chi connectivity index (χ4n) is 3.66. The highest BCUT2D eigenvalue weighted by molar-refractivity contribution is 9.11. The van der Waals surface area contributed by atoms with Gasteiger partial charge in [0.25, 0.3) is 0 Å². The lowest BCUT2D eigenvalue weighted by atomic mass is 9.85. The Morgan fingerprint density at radius 3 is 2.76 bits per heavy atom. The number of nitrogens with zero attached hydrogens (tertiary/aromatic N) is 2. The van der Waals surface area contributed by atoms with Crippen molar-refractivity contribution in [2.45, 2.75) is 37.1 Å². The molecule has 2 atom stereocenters. The molecule has 2 unspecified atom stereocenters. The second kappa shape index (κ2) is 5.92. The minimum atomic E-state index is -3.34. The molecule has 2 saturated heterocycles. The number of thiophene rings is 1. The molecule has 2 fully saturated rings. The van der Waals surface area contributed by atoms with Crippen LogP contribution in [0.4, 0.5) is 0 Å². The highest BCUT2D eigenvalue weighted by atomic mass is 79.9. The molecule has 4 nitrogen and oxygen atoms in total. The standard InChI is InChI=1S/C14H21BrN2O2S2/c1-10-13(8-14(15)20-10)21(18,19)17-7-5-12-11(9-17)4-3-6-16(12)2/h8,11-12H,3-7,9H2,1-2H3. The van der Waals surface area contributed by atoms with Crippen LogP contribution in [0.2, 0.25) is 0 Å². The van der Waals surface area contributed by atoms with E-state index >= 15 is 0 Å². The normalized spacial score (nSPS) is 28.5. The first-order chi connectivity index (χ1) is 9.89. The van der Waals surface area contributed by atoms with E-state index in [9.17, 15) is 8.42 Å². The average Bonchev–Trinajstić information content (AvgIpc) is 2.78. The van der Waals surface area contributed by atoms with Crippen LogP contribution in [-0.4, -0.2) is 50.3 Å². The number of halogens is 1. The predicted molar refractivity (Wildman–Crippen MR) is 89.3 cm³/mol. The first kappa shape index (κ1) is 15.9. The van der Waals surface area contributed by atoms with E-state index in [0.717, 1.165) is 28.0 Å². The smallest absolute Gasteiger partial charge is 0.244 e. The molecular formula is C14H21BrN2O2S2. The number of sulfonamides is 1. The third-order valence-electron chi connectivity index (χ3n) is 4.77. The van der Waals surface area contributed by atoms with E-state index in [4.69, 9.17) is 0 Å². The SMILES string of the molecule is Cc1sc(Br)cc1S(=O)(=O)N1CCC2C(CCCN2C)C1. The van der Waals surface area contributed by atoms with Crippen LogP contribution < -0.4 is 0 Å². The lowest BCUT2D eigenvalue weighted by molar-refractivity contribution is 0.0671. The fraction of sp³-hybridized carbons (Fsp3) is 0.714. The van der Waals surface area contributed by atoms with Gasteiger partial charge in [0.2, 0.25) is 10.0 Å². The Bertz CT molecular complexity index is 629. The molecule has 21 heavy (non-hydrogen) atoms. The molecule has 0 N–H and O–H groups in total. The Balaban J connectivity index is 1.83. The molecule has 118 valence electrons. The molecule has 3 heterocycles. The summed E-state index contributed by atoms with van der Waals surface area (Å²) >= 11 is 4.88. The van der Waals surface area contributed by atoms with E-state index in [2.05, 4.69) is 27.9 Å². The summed E-state index contributed by atoms with van der Waals surface area (Å²) in [5, 5.41) is 0. The van der Waals surface area contributed by atoms with Crippen molar-refractivity contribution in [1.82, 2.24) is 9.21 Å². The second-order valence-electron chi connectivity index (χ2n) is 6.07. The molecule has 2 aliphatic heterocycles. The summed E-state index contributed by atoms with van der Waals surface area (Å²) in [5.74, 6) is 0.481. The number of hydrogen-bond donors (Lipinski definition) is 0. The second-order valence-corrected chi connectivity index (χ2v) is 10.6. The van der Waals surface area contributed by atoms with Crippen molar-refractivity contribution in [2.75, 3.05) is 26.7 Å². The minimum absolute atomic E-state index is 0.474. The summed E-state index contributed by atoms with van der Waals surface area (Å²) in [6.45, 7) is 4.33. The average molecular weight is 393 g/mol. The maximum atomic E-state index is 12.9. The van der Waals surface area contributed by atoms with Gasteiger partial charge in [0, 0.05) is 24.0 Å². The molecule has 0 amide bonds. The van der Waals surface area contributed by atoms with Crippen LogP contribution in [0.15, 0.2) is 14.7 Å². The fourth-order valence-corrected chi connectivity index (χ4v) is 7.56. The van der Waals surface area contributed by atoms with Gasteiger partial charge in [0.15, 0.2) is 0 Å². The minimum Gasteiger partial charge on any atom is -0.303 e. The Hall–Kier alpha value is 0.0500. The summed E-state index contributed by atoms with van der Waals surface area (Å²) < 4.78 is 28.3. The Labute approximate surface area is 139 Å². The molecule has 7 heteroatoms. The molecule has 0 bridgehead atoms. The van der Waals surface area contributed by atoms with Gasteiger partial charge in [-0.05, 0) is 67.7 Å². The third kappa shape index (κ3) is 2.95. The van der Waals surface area contributed by atoms with E-state index in [0.29, 0.717) is 29.9 Å². The van der Waals surface area contributed by atoms with Crippen LogP contribution in [-0.2, 0) is 10.0 Å². The van der Waals surface area contributed by atoms with Crippen LogP contribution in [0.25, 0.3) is 0 Å². The van der Waals surface area contributed by atoms with E-state index in [1.54, 1.807) is 10.4 Å². The van der Waals surface area contributed by atoms with Crippen LogP contribution in [0.3, 0.4) is 0 Å². The van der Waals surface area contributed by atoms with E-state index in [1.807, 2.05) is 6.92 Å². The van der Waals surface area contributed by atoms with Crippen LogP contribution >= 0.6 is 27.3 Å². The maximum absolute atomic E-state index is 12.9. The van der Waals surface area contributed by atoms with E-state index in [-0.39, 0.29) is 0 Å². The number of piperidine rings is 2. The van der Waals surface area contributed by atoms with Crippen molar-refractivity contribution >= 4 is 37.3 Å². The van der Waals surface area contributed by atoms with Gasteiger partial charge in [-0.15, -0.1) is 11.3 Å². The van der Waals surface area contributed by atoms with Gasteiger partial charge < -0.3 is 4.90 Å². The largest absolute Gasteiger partial charge is 0.303 e. The maximum Gasteiger partial charge on any atom is 0.244 e. The first-order valence-electron chi connectivity index (χ1n) is 7.36. The summed E-state index contributed by atoms with van der Waals surface area (Å²) in [6, 6.07) is 2.30. The molecule has 0 saturated carbocycles. The van der Waals surface area contributed by atoms with Crippen molar-refractivity contribution in [3.05, 3.63) is 14.7 Å². The Kier molecular flexibility index (Phi) is 4.49. The van der Waals surface area contributed by atoms with Crippen molar-refractivity contribution in [3.8, 4) is 0 Å². The van der Waals surface area contributed by atoms with Gasteiger partial charge >= 0.3 is 0 Å². The van der Waals surface area contributed by atoms with Gasteiger partial charge in [0.1, 0.15) is 0 Å². The highest BCUT2D eigenvalue weighted by Gasteiger charge is 2.39. The van der Waals surface area contributed by atoms with E-state index < -0.39 is 10.0 Å². The zero-order valence-corrected chi connectivity index (χ0v) is 15.6. The van der Waals surface area contributed by atoms with Crippen molar-refractivity contribution < 1.29 is 8.42 Å². The number of aryl methyl sites for hydroxylation is 1. The zero-order valence-electron chi connectivity index (χ0n) is 12.4. The molecule has 0 spiro atoms. The van der Waals surface area contributed by atoms with Gasteiger partial charge in [-0.25, -0.2) is 8.42 Å². The van der Waals surface area contributed by atoms with Crippen molar-refractivity contribution in [3.63, 3.8) is 0 Å². The summed E-state index contributed by atoms with van der Waals surface area (Å²) in [5.41, 5.74) is 0. The lowest BCUT2D eigenvalue weighted by Crippen LogP contribution is -2.53. The van der Waals surface area contributed by atoms with Gasteiger partial charge in [0.05, 0.1) is 8.68 Å². The topological polar surface area (TPSA) is 40.6 Å². The summed E-state index contributed by atoms with van der Waals surface area (Å²) in [7, 11) is -1.18. The molecule has 1 aromatic heterocycles. The highest BCUT2D eigenvalue weighted by Crippen LogP contribution is 2.35. The lowest BCUT2D eigenvalue weighted by Gasteiger charge is -2.45. The number of hydrogen-bond acceptors (Lipinski definition) is 4. The molecule has 0 aromatic carbocycles. The molecule has 2 aliphatic rings. The van der Waals surface area contributed by atoms with Crippen molar-refractivity contribution in [2.24, 2.45) is 5.92 Å². The number of fused-ring (bicyclic) bond motifs is 1. The van der Waals surface area contributed by atoms with Crippen LogP contribution in [0.5, 0.6) is 0 Å². The third-order valence-corrected chi connectivity index (χ3v) is 8.44. The predicted octanol–water partition coefficient (Wildman–Crippen LogP) is 2.92. The quantitative estimate of drug-likeness (QED) is 0.776. The Morgan fingerprint density at radius 1 is 1.33 bits per heavy atom. The molecule has 3 rings (SSSR count). The molecule has 0 radical (unpaired) electrons. The number of likely N-dealkylation sites (tertiary alicyclic amines) is 1. The molecule has 0 aliphatic carbocycles. The van der Waals surface area contributed by atoms with Crippen molar-refractivity contribution in [1.29, 1.82) is 0 Å². The number of rotatable bonds is 2. The monoisotopic (exact) mass is 392 g/mol. The van der Waals surface area contributed by atoms with Gasteiger partial charge in [-0.1, -0.05) is 0 Å².